The molecular weight excluding hydrogens is 284 g/mol. The Morgan fingerprint density at radius 2 is 1.90 bits per heavy atom. The molecule has 2 aliphatic rings. The SMILES string of the molecule is CNCC1CCN(S(=O)(=O)c2ccc3c(c2)CCC3)CC1. The third-order valence-electron chi connectivity index (χ3n) is 4.77. The summed E-state index contributed by atoms with van der Waals surface area (Å²) in [6.45, 7) is 2.27. The molecule has 0 spiro atoms. The Morgan fingerprint density at radius 3 is 2.62 bits per heavy atom. The number of rotatable bonds is 4. The van der Waals surface area contributed by atoms with Gasteiger partial charge in [0.05, 0.1) is 4.90 Å². The summed E-state index contributed by atoms with van der Waals surface area (Å²) >= 11 is 0. The summed E-state index contributed by atoms with van der Waals surface area (Å²) in [6, 6.07) is 5.69. The average Bonchev–Trinajstić information content (AvgIpc) is 2.95. The molecule has 116 valence electrons. The van der Waals surface area contributed by atoms with Gasteiger partial charge in [-0.15, -0.1) is 0 Å². The summed E-state index contributed by atoms with van der Waals surface area (Å²) in [6.07, 6.45) is 5.15. The lowest BCUT2D eigenvalue weighted by Gasteiger charge is -2.31. The number of sulfonamides is 1. The van der Waals surface area contributed by atoms with Crippen molar-refractivity contribution in [3.63, 3.8) is 0 Å². The van der Waals surface area contributed by atoms with Crippen molar-refractivity contribution in [2.75, 3.05) is 26.7 Å². The molecule has 3 rings (SSSR count). The lowest BCUT2D eigenvalue weighted by molar-refractivity contribution is 0.270. The van der Waals surface area contributed by atoms with Crippen molar-refractivity contribution >= 4 is 10.0 Å². The van der Waals surface area contributed by atoms with Gasteiger partial charge in [-0.25, -0.2) is 8.42 Å². The summed E-state index contributed by atoms with van der Waals surface area (Å²) < 4.78 is 27.2. The molecule has 0 amide bonds. The Balaban J connectivity index is 1.75. The summed E-state index contributed by atoms with van der Waals surface area (Å²) in [5, 5.41) is 3.18. The van der Waals surface area contributed by atoms with Crippen molar-refractivity contribution in [2.24, 2.45) is 5.92 Å². The maximum absolute atomic E-state index is 12.8. The predicted octanol–water partition coefficient (Wildman–Crippen LogP) is 1.80. The largest absolute Gasteiger partial charge is 0.319 e. The van der Waals surface area contributed by atoms with Crippen LogP contribution >= 0.6 is 0 Å². The summed E-state index contributed by atoms with van der Waals surface area (Å²) in [5.74, 6) is 0.599. The minimum Gasteiger partial charge on any atom is -0.319 e. The van der Waals surface area contributed by atoms with Crippen LogP contribution in [0, 0.1) is 5.92 Å². The Morgan fingerprint density at radius 1 is 1.19 bits per heavy atom. The maximum atomic E-state index is 12.8. The second-order valence-corrected chi connectivity index (χ2v) is 8.13. The third kappa shape index (κ3) is 3.00. The molecule has 1 heterocycles. The number of benzene rings is 1. The molecule has 0 saturated carbocycles. The van der Waals surface area contributed by atoms with Crippen molar-refractivity contribution in [3.8, 4) is 0 Å². The number of nitrogens with one attached hydrogen (secondary N) is 1. The molecule has 0 radical (unpaired) electrons. The molecule has 1 N–H and O–H groups in total. The first kappa shape index (κ1) is 15.0. The van der Waals surface area contributed by atoms with Gasteiger partial charge in [0.15, 0.2) is 0 Å². The standard InChI is InChI=1S/C16H24N2O2S/c1-17-12-13-7-9-18(10-8-13)21(19,20)16-6-5-14-3-2-4-15(14)11-16/h5-6,11,13,17H,2-4,7-10,12H2,1H3. The van der Waals surface area contributed by atoms with Gasteiger partial charge in [0, 0.05) is 13.1 Å². The first-order chi connectivity index (χ1) is 10.1. The highest BCUT2D eigenvalue weighted by Gasteiger charge is 2.29. The number of fused-ring (bicyclic) bond motifs is 1. The van der Waals surface area contributed by atoms with Crippen molar-refractivity contribution in [1.82, 2.24) is 9.62 Å². The van der Waals surface area contributed by atoms with E-state index >= 15 is 0 Å². The minimum atomic E-state index is -3.31. The summed E-state index contributed by atoms with van der Waals surface area (Å²) in [7, 11) is -1.36. The molecule has 0 atom stereocenters. The average molecular weight is 308 g/mol. The molecule has 21 heavy (non-hydrogen) atoms. The maximum Gasteiger partial charge on any atom is 0.243 e. The van der Waals surface area contributed by atoms with Crippen LogP contribution in [0.25, 0.3) is 0 Å². The van der Waals surface area contributed by atoms with Crippen LogP contribution < -0.4 is 5.32 Å². The summed E-state index contributed by atoms with van der Waals surface area (Å²) in [4.78, 5) is 0.482. The second kappa shape index (κ2) is 6.07. The van der Waals surface area contributed by atoms with Gasteiger partial charge in [-0.1, -0.05) is 6.07 Å². The van der Waals surface area contributed by atoms with E-state index in [1.165, 1.54) is 11.1 Å². The molecule has 1 aliphatic carbocycles. The van der Waals surface area contributed by atoms with Crippen LogP contribution in [-0.2, 0) is 22.9 Å². The van der Waals surface area contributed by atoms with Crippen LogP contribution in [0.5, 0.6) is 0 Å². The Kier molecular flexibility index (Phi) is 4.33. The van der Waals surface area contributed by atoms with Gasteiger partial charge in [-0.2, -0.15) is 4.31 Å². The van der Waals surface area contributed by atoms with Crippen LogP contribution in [0.15, 0.2) is 23.1 Å². The lowest BCUT2D eigenvalue weighted by Crippen LogP contribution is -2.40. The number of hydrogen-bond donors (Lipinski definition) is 1. The van der Waals surface area contributed by atoms with Gasteiger partial charge in [0.25, 0.3) is 0 Å². The molecule has 5 heteroatoms. The van der Waals surface area contributed by atoms with Crippen molar-refractivity contribution in [3.05, 3.63) is 29.3 Å². The Hall–Kier alpha value is -0.910. The molecule has 0 aromatic heterocycles. The second-order valence-electron chi connectivity index (χ2n) is 6.19. The molecule has 1 aromatic carbocycles. The zero-order valence-corrected chi connectivity index (χ0v) is 13.5. The molecule has 1 fully saturated rings. The zero-order chi connectivity index (χ0) is 14.9. The van der Waals surface area contributed by atoms with Crippen LogP contribution in [0.2, 0.25) is 0 Å². The normalized spacial score (nSPS) is 20.6. The number of hydrogen-bond acceptors (Lipinski definition) is 3. The molecule has 0 bridgehead atoms. The topological polar surface area (TPSA) is 49.4 Å². The van der Waals surface area contributed by atoms with Crippen molar-refractivity contribution in [2.45, 2.75) is 37.0 Å². The van der Waals surface area contributed by atoms with E-state index in [1.54, 1.807) is 10.4 Å². The first-order valence-corrected chi connectivity index (χ1v) is 9.32. The zero-order valence-electron chi connectivity index (χ0n) is 12.6. The van der Waals surface area contributed by atoms with Crippen LogP contribution in [0.1, 0.15) is 30.4 Å². The van der Waals surface area contributed by atoms with E-state index in [0.717, 1.165) is 38.6 Å². The van der Waals surface area contributed by atoms with E-state index in [9.17, 15) is 8.42 Å². The van der Waals surface area contributed by atoms with Crippen LogP contribution in [-0.4, -0.2) is 39.4 Å². The van der Waals surface area contributed by atoms with Crippen LogP contribution in [0.4, 0.5) is 0 Å². The monoisotopic (exact) mass is 308 g/mol. The van der Waals surface area contributed by atoms with E-state index in [4.69, 9.17) is 0 Å². The van der Waals surface area contributed by atoms with Gasteiger partial charge in [0.1, 0.15) is 0 Å². The minimum absolute atomic E-state index is 0.482. The highest BCUT2D eigenvalue weighted by atomic mass is 32.2. The molecule has 0 unspecified atom stereocenters. The molecule has 1 aromatic rings. The fourth-order valence-electron chi connectivity index (χ4n) is 3.50. The molecular formula is C16H24N2O2S. The van der Waals surface area contributed by atoms with E-state index < -0.39 is 10.0 Å². The Bertz CT molecular complexity index is 605. The number of piperidine rings is 1. The van der Waals surface area contributed by atoms with E-state index in [0.29, 0.717) is 23.9 Å². The smallest absolute Gasteiger partial charge is 0.243 e. The van der Waals surface area contributed by atoms with Gasteiger partial charge in [-0.3, -0.25) is 0 Å². The number of nitrogens with zero attached hydrogens (tertiary/aromatic N) is 1. The molecule has 1 saturated heterocycles. The highest BCUT2D eigenvalue weighted by Crippen LogP contribution is 2.28. The van der Waals surface area contributed by atoms with Gasteiger partial charge in [-0.05, 0) is 74.9 Å². The van der Waals surface area contributed by atoms with Gasteiger partial charge < -0.3 is 5.32 Å². The Labute approximate surface area is 127 Å². The van der Waals surface area contributed by atoms with E-state index in [-0.39, 0.29) is 0 Å². The van der Waals surface area contributed by atoms with Gasteiger partial charge >= 0.3 is 0 Å². The first-order valence-electron chi connectivity index (χ1n) is 7.88. The fourth-order valence-corrected chi connectivity index (χ4v) is 5.02. The summed E-state index contributed by atoms with van der Waals surface area (Å²) in [5.41, 5.74) is 2.54. The number of aryl methyl sites for hydroxylation is 2. The predicted molar refractivity (Wildman–Crippen MR) is 83.9 cm³/mol. The van der Waals surface area contributed by atoms with Gasteiger partial charge in [0.2, 0.25) is 10.0 Å². The van der Waals surface area contributed by atoms with Crippen molar-refractivity contribution in [1.29, 1.82) is 0 Å². The molecule has 1 aliphatic heterocycles. The quantitative estimate of drug-likeness (QED) is 0.922. The van der Waals surface area contributed by atoms with Crippen LogP contribution in [0.3, 0.4) is 0 Å². The lowest BCUT2D eigenvalue weighted by atomic mass is 9.98. The van der Waals surface area contributed by atoms with Crippen molar-refractivity contribution < 1.29 is 8.42 Å². The third-order valence-corrected chi connectivity index (χ3v) is 6.67. The van der Waals surface area contributed by atoms with E-state index in [1.807, 2.05) is 19.2 Å². The highest BCUT2D eigenvalue weighted by molar-refractivity contribution is 7.89. The fraction of sp³-hybridized carbons (Fsp3) is 0.625. The molecule has 4 nitrogen and oxygen atoms in total. The van der Waals surface area contributed by atoms with E-state index in [2.05, 4.69) is 5.32 Å².